The third-order valence-electron chi connectivity index (χ3n) is 5.71. The number of nitrogens with one attached hydrogen (secondary N) is 1. The molecule has 4 rings (SSSR count). The van der Waals surface area contributed by atoms with E-state index in [4.69, 9.17) is 4.74 Å². The number of cyclic esters (lactones) is 1. The predicted octanol–water partition coefficient (Wildman–Crippen LogP) is 3.61. The summed E-state index contributed by atoms with van der Waals surface area (Å²) in [6.07, 6.45) is 0.624. The zero-order valence-corrected chi connectivity index (χ0v) is 18.5. The van der Waals surface area contributed by atoms with Gasteiger partial charge in [0.15, 0.2) is 6.10 Å². The van der Waals surface area contributed by atoms with Crippen molar-refractivity contribution in [3.8, 4) is 22.5 Å². The van der Waals surface area contributed by atoms with E-state index in [1.807, 2.05) is 69.3 Å². The van der Waals surface area contributed by atoms with Crippen LogP contribution in [0.5, 0.6) is 0 Å². The van der Waals surface area contributed by atoms with Crippen molar-refractivity contribution >= 4 is 11.9 Å². The number of esters is 1. The molecule has 166 valence electrons. The molecule has 2 unspecified atom stereocenters. The van der Waals surface area contributed by atoms with Gasteiger partial charge < -0.3 is 9.64 Å². The van der Waals surface area contributed by atoms with Crippen LogP contribution in [0.2, 0.25) is 0 Å². The molecule has 2 atom stereocenters. The summed E-state index contributed by atoms with van der Waals surface area (Å²) in [6.45, 7) is 6.21. The highest BCUT2D eigenvalue weighted by molar-refractivity contribution is 5.92. The van der Waals surface area contributed by atoms with Gasteiger partial charge in [0.1, 0.15) is 6.04 Å². The fourth-order valence-corrected chi connectivity index (χ4v) is 4.15. The zero-order chi connectivity index (χ0) is 22.7. The van der Waals surface area contributed by atoms with E-state index in [0.717, 1.165) is 28.7 Å². The van der Waals surface area contributed by atoms with Gasteiger partial charge in [0.2, 0.25) is 5.82 Å². The van der Waals surface area contributed by atoms with E-state index < -0.39 is 12.1 Å². The number of ether oxygens (including phenoxy) is 1. The highest BCUT2D eigenvalue weighted by Crippen LogP contribution is 2.30. The molecule has 0 aliphatic carbocycles. The maximum absolute atomic E-state index is 13.1. The molecule has 3 aromatic rings. The molecule has 0 bridgehead atoms. The number of aromatic amines is 1. The van der Waals surface area contributed by atoms with E-state index in [9.17, 15) is 9.59 Å². The van der Waals surface area contributed by atoms with Crippen molar-refractivity contribution in [1.29, 1.82) is 0 Å². The third-order valence-corrected chi connectivity index (χ3v) is 5.71. The summed E-state index contributed by atoms with van der Waals surface area (Å²) in [5, 5.41) is 14.3. The Kier molecular flexibility index (Phi) is 6.30. The fourth-order valence-electron chi connectivity index (χ4n) is 4.15. The number of aromatic nitrogens is 4. The Hall–Kier alpha value is -3.55. The van der Waals surface area contributed by atoms with E-state index in [1.54, 1.807) is 4.90 Å². The number of amides is 1. The standard InChI is InChI=1S/C24H27N5O3/c1-4-7-20-23(30)29(21(15(2)3)24(31)32-20)14-16-10-12-17(13-11-16)18-8-5-6-9-19(18)22-25-27-28-26-22/h5-6,8-13,15,20-21H,4,7,14H2,1-3H3,(H,25,26,27,28). The smallest absolute Gasteiger partial charge is 0.329 e. The van der Waals surface area contributed by atoms with Gasteiger partial charge in [-0.3, -0.25) is 4.79 Å². The molecule has 1 aliphatic rings. The van der Waals surface area contributed by atoms with Crippen LogP contribution in [0.3, 0.4) is 0 Å². The van der Waals surface area contributed by atoms with Crippen LogP contribution in [0.1, 0.15) is 39.2 Å². The first-order valence-electron chi connectivity index (χ1n) is 10.9. The van der Waals surface area contributed by atoms with E-state index >= 15 is 0 Å². The van der Waals surface area contributed by atoms with Gasteiger partial charge in [0.25, 0.3) is 5.91 Å². The number of benzene rings is 2. The number of morpholine rings is 1. The van der Waals surface area contributed by atoms with Crippen molar-refractivity contribution in [2.75, 3.05) is 0 Å². The minimum absolute atomic E-state index is 0.0323. The number of H-pyrrole nitrogens is 1. The molecule has 8 heteroatoms. The fraction of sp³-hybridized carbons (Fsp3) is 0.375. The zero-order valence-electron chi connectivity index (χ0n) is 18.5. The molecule has 2 heterocycles. The lowest BCUT2D eigenvalue weighted by Crippen LogP contribution is -2.57. The Bertz CT molecular complexity index is 1080. The van der Waals surface area contributed by atoms with Crippen molar-refractivity contribution < 1.29 is 14.3 Å². The van der Waals surface area contributed by atoms with E-state index in [1.165, 1.54) is 0 Å². The molecule has 1 saturated heterocycles. The quantitative estimate of drug-likeness (QED) is 0.571. The first-order chi connectivity index (χ1) is 15.5. The molecule has 0 radical (unpaired) electrons. The number of nitrogens with zero attached hydrogens (tertiary/aromatic N) is 4. The van der Waals surface area contributed by atoms with Gasteiger partial charge in [-0.1, -0.05) is 75.7 Å². The second-order valence-corrected chi connectivity index (χ2v) is 8.35. The van der Waals surface area contributed by atoms with Crippen LogP contribution < -0.4 is 0 Å². The first-order valence-corrected chi connectivity index (χ1v) is 10.9. The van der Waals surface area contributed by atoms with E-state index in [0.29, 0.717) is 18.8 Å². The Morgan fingerprint density at radius 3 is 2.41 bits per heavy atom. The second-order valence-electron chi connectivity index (χ2n) is 8.35. The van der Waals surface area contributed by atoms with Gasteiger partial charge in [-0.05, 0) is 34.2 Å². The lowest BCUT2D eigenvalue weighted by molar-refractivity contribution is -0.181. The van der Waals surface area contributed by atoms with Crippen molar-refractivity contribution in [3.63, 3.8) is 0 Å². The molecular formula is C24H27N5O3. The average molecular weight is 434 g/mol. The molecule has 0 saturated carbocycles. The lowest BCUT2D eigenvalue weighted by atomic mass is 9.96. The number of hydrogen-bond donors (Lipinski definition) is 1. The molecule has 1 N–H and O–H groups in total. The molecule has 2 aromatic carbocycles. The van der Waals surface area contributed by atoms with Crippen molar-refractivity contribution in [1.82, 2.24) is 25.5 Å². The van der Waals surface area contributed by atoms with Crippen LogP contribution in [-0.4, -0.2) is 49.5 Å². The van der Waals surface area contributed by atoms with Crippen LogP contribution in [0.4, 0.5) is 0 Å². The summed E-state index contributed by atoms with van der Waals surface area (Å²) in [4.78, 5) is 27.4. The predicted molar refractivity (Wildman–Crippen MR) is 119 cm³/mol. The number of rotatable bonds is 7. The number of carbonyl (C=O) groups excluding carboxylic acids is 2. The molecule has 1 aliphatic heterocycles. The summed E-state index contributed by atoms with van der Waals surface area (Å²) in [7, 11) is 0. The molecule has 1 amide bonds. The lowest BCUT2D eigenvalue weighted by Gasteiger charge is -2.39. The summed E-state index contributed by atoms with van der Waals surface area (Å²) >= 11 is 0. The van der Waals surface area contributed by atoms with E-state index in [-0.39, 0.29) is 17.8 Å². The van der Waals surface area contributed by atoms with Gasteiger partial charge >= 0.3 is 5.97 Å². The van der Waals surface area contributed by atoms with Gasteiger partial charge in [0, 0.05) is 12.1 Å². The van der Waals surface area contributed by atoms with Gasteiger partial charge in [0.05, 0.1) is 0 Å². The Morgan fingerprint density at radius 1 is 1.06 bits per heavy atom. The summed E-state index contributed by atoms with van der Waals surface area (Å²) in [5.41, 5.74) is 3.82. The Morgan fingerprint density at radius 2 is 1.78 bits per heavy atom. The van der Waals surface area contributed by atoms with Gasteiger partial charge in [-0.15, -0.1) is 10.2 Å². The Balaban J connectivity index is 1.59. The highest BCUT2D eigenvalue weighted by atomic mass is 16.6. The van der Waals surface area contributed by atoms with Gasteiger partial charge in [-0.25, -0.2) is 4.79 Å². The minimum Gasteiger partial charge on any atom is -0.451 e. The molecular weight excluding hydrogens is 406 g/mol. The van der Waals surface area contributed by atoms with Gasteiger partial charge in [-0.2, -0.15) is 5.21 Å². The van der Waals surface area contributed by atoms with Crippen LogP contribution in [0.25, 0.3) is 22.5 Å². The SMILES string of the molecule is CCCC1OC(=O)C(C(C)C)N(Cc2ccc(-c3ccccc3-c3nn[nH]n3)cc2)C1=O. The topological polar surface area (TPSA) is 101 Å². The van der Waals surface area contributed by atoms with Crippen LogP contribution >= 0.6 is 0 Å². The number of hydrogen-bond acceptors (Lipinski definition) is 6. The Labute approximate surface area is 187 Å². The van der Waals surface area contributed by atoms with Crippen LogP contribution in [0, 0.1) is 5.92 Å². The molecule has 1 fully saturated rings. The van der Waals surface area contributed by atoms with Crippen LogP contribution in [0.15, 0.2) is 48.5 Å². The van der Waals surface area contributed by atoms with Crippen molar-refractivity contribution in [2.24, 2.45) is 5.92 Å². The summed E-state index contributed by atoms with van der Waals surface area (Å²) < 4.78 is 5.46. The average Bonchev–Trinajstić information content (AvgIpc) is 3.32. The molecule has 0 spiro atoms. The monoisotopic (exact) mass is 433 g/mol. The maximum atomic E-state index is 13.1. The van der Waals surface area contributed by atoms with Crippen LogP contribution in [-0.2, 0) is 20.9 Å². The van der Waals surface area contributed by atoms with Crippen molar-refractivity contribution in [3.05, 3.63) is 54.1 Å². The van der Waals surface area contributed by atoms with E-state index in [2.05, 4.69) is 20.6 Å². The third kappa shape index (κ3) is 4.26. The summed E-state index contributed by atoms with van der Waals surface area (Å²) in [6, 6.07) is 15.3. The maximum Gasteiger partial charge on any atom is 0.329 e. The molecule has 32 heavy (non-hydrogen) atoms. The number of tetrazole rings is 1. The normalized spacial score (nSPS) is 18.8. The number of carbonyl (C=O) groups is 2. The first kappa shape index (κ1) is 21.7. The highest BCUT2D eigenvalue weighted by Gasteiger charge is 2.43. The largest absolute Gasteiger partial charge is 0.451 e. The van der Waals surface area contributed by atoms with Crippen molar-refractivity contribution in [2.45, 2.75) is 52.3 Å². The second kappa shape index (κ2) is 9.30. The summed E-state index contributed by atoms with van der Waals surface area (Å²) in [5.74, 6) is 0.0689. The molecule has 1 aromatic heterocycles. The molecule has 8 nitrogen and oxygen atoms in total. The minimum atomic E-state index is -0.691.